The lowest BCUT2D eigenvalue weighted by molar-refractivity contribution is -0.0227. The zero-order valence-corrected chi connectivity index (χ0v) is 12.8. The van der Waals surface area contributed by atoms with Crippen LogP contribution in [0.3, 0.4) is 0 Å². The van der Waals surface area contributed by atoms with Crippen LogP contribution in [0.15, 0.2) is 10.5 Å². The van der Waals surface area contributed by atoms with Crippen LogP contribution in [0.2, 0.25) is 0 Å². The van der Waals surface area contributed by atoms with Gasteiger partial charge in [-0.05, 0) is 60.1 Å². The molecule has 0 radical (unpaired) electrons. The van der Waals surface area contributed by atoms with Gasteiger partial charge in [0.2, 0.25) is 0 Å². The Morgan fingerprint density at radius 1 is 1.17 bits per heavy atom. The normalized spacial score (nSPS) is 13.1. The molecule has 0 atom stereocenters. The highest BCUT2D eigenvalue weighted by atomic mass is 16.5. The summed E-state index contributed by atoms with van der Waals surface area (Å²) >= 11 is 0. The van der Waals surface area contributed by atoms with Crippen LogP contribution >= 0.6 is 0 Å². The van der Waals surface area contributed by atoms with E-state index >= 15 is 0 Å². The summed E-state index contributed by atoms with van der Waals surface area (Å²) in [6.45, 7) is 15.9. The van der Waals surface area contributed by atoms with Gasteiger partial charge in [-0.15, -0.1) is 0 Å². The molecule has 0 amide bonds. The average Bonchev–Trinajstić information content (AvgIpc) is 2.51. The molecular weight excluding hydrogens is 226 g/mol. The highest BCUT2D eigenvalue weighted by Crippen LogP contribution is 2.18. The van der Waals surface area contributed by atoms with E-state index in [4.69, 9.17) is 9.15 Å². The van der Waals surface area contributed by atoms with Gasteiger partial charge in [0.15, 0.2) is 0 Å². The minimum atomic E-state index is -0.134. The Morgan fingerprint density at radius 2 is 1.78 bits per heavy atom. The molecule has 0 saturated carbocycles. The molecule has 1 heterocycles. The molecule has 1 N–H and O–H groups in total. The third-order valence-corrected chi connectivity index (χ3v) is 2.50. The van der Waals surface area contributed by atoms with Crippen molar-refractivity contribution in [3.05, 3.63) is 23.2 Å². The maximum atomic E-state index is 5.82. The average molecular weight is 253 g/mol. The molecule has 3 heteroatoms. The molecule has 0 bridgehead atoms. The van der Waals surface area contributed by atoms with Gasteiger partial charge in [0.05, 0.1) is 12.1 Å². The summed E-state index contributed by atoms with van der Waals surface area (Å²) in [6, 6.07) is 2.06. The Balaban J connectivity index is 2.59. The second-order valence-electron chi connectivity index (χ2n) is 6.82. The van der Waals surface area contributed by atoms with Gasteiger partial charge in [0.25, 0.3) is 0 Å². The number of nitrogens with one attached hydrogen (secondary N) is 1. The minimum Gasteiger partial charge on any atom is -0.462 e. The van der Waals surface area contributed by atoms with Gasteiger partial charge in [-0.25, -0.2) is 0 Å². The fourth-order valence-corrected chi connectivity index (χ4v) is 1.47. The van der Waals surface area contributed by atoms with Crippen LogP contribution in [0.25, 0.3) is 0 Å². The van der Waals surface area contributed by atoms with Crippen LogP contribution in [0.1, 0.15) is 58.6 Å². The van der Waals surface area contributed by atoms with Crippen molar-refractivity contribution in [3.63, 3.8) is 0 Å². The molecule has 1 aromatic heterocycles. The van der Waals surface area contributed by atoms with Crippen LogP contribution in [-0.2, 0) is 17.9 Å². The van der Waals surface area contributed by atoms with Gasteiger partial charge in [-0.3, -0.25) is 0 Å². The van der Waals surface area contributed by atoms with Crippen molar-refractivity contribution in [2.45, 2.75) is 72.8 Å². The monoisotopic (exact) mass is 253 g/mol. The van der Waals surface area contributed by atoms with E-state index < -0.39 is 0 Å². The molecule has 104 valence electrons. The zero-order valence-electron chi connectivity index (χ0n) is 12.8. The Kier molecular flexibility index (Phi) is 4.62. The second-order valence-corrected chi connectivity index (χ2v) is 6.82. The van der Waals surface area contributed by atoms with Gasteiger partial charge in [0, 0.05) is 5.54 Å². The second kappa shape index (κ2) is 5.45. The van der Waals surface area contributed by atoms with E-state index in [1.54, 1.807) is 0 Å². The lowest BCUT2D eigenvalue weighted by Gasteiger charge is -2.20. The van der Waals surface area contributed by atoms with E-state index in [2.05, 4.69) is 39.1 Å². The SMILES string of the molecule is Cc1cc(COC(C)(C)C)oc1CNC(C)(C)C. The van der Waals surface area contributed by atoms with Crippen LogP contribution < -0.4 is 5.32 Å². The fourth-order valence-electron chi connectivity index (χ4n) is 1.47. The predicted molar refractivity (Wildman–Crippen MR) is 74.6 cm³/mol. The van der Waals surface area contributed by atoms with Crippen LogP contribution in [-0.4, -0.2) is 11.1 Å². The molecule has 0 aliphatic carbocycles. The molecule has 0 aliphatic rings. The number of hydrogen-bond donors (Lipinski definition) is 1. The molecule has 0 aliphatic heterocycles. The Labute approximate surface area is 111 Å². The van der Waals surface area contributed by atoms with Gasteiger partial charge >= 0.3 is 0 Å². The zero-order chi connectivity index (χ0) is 14.0. The topological polar surface area (TPSA) is 34.4 Å². The molecule has 1 rings (SSSR count). The van der Waals surface area contributed by atoms with Crippen molar-refractivity contribution < 1.29 is 9.15 Å². The molecular formula is C15H27NO2. The maximum absolute atomic E-state index is 5.82. The Morgan fingerprint density at radius 3 is 2.28 bits per heavy atom. The van der Waals surface area contributed by atoms with E-state index in [0.29, 0.717) is 6.61 Å². The Bertz CT molecular complexity index is 380. The summed E-state index contributed by atoms with van der Waals surface area (Å²) in [6.07, 6.45) is 0. The van der Waals surface area contributed by atoms with Crippen LogP contribution in [0, 0.1) is 6.92 Å². The molecule has 0 unspecified atom stereocenters. The van der Waals surface area contributed by atoms with Gasteiger partial charge < -0.3 is 14.5 Å². The predicted octanol–water partition coefficient (Wildman–Crippen LogP) is 3.79. The van der Waals surface area contributed by atoms with E-state index in [1.165, 1.54) is 5.56 Å². The standard InChI is InChI=1S/C15H27NO2/c1-11-8-12(10-17-15(5,6)7)18-13(11)9-16-14(2,3)4/h8,16H,9-10H2,1-7H3. The summed E-state index contributed by atoms with van der Waals surface area (Å²) in [5.74, 6) is 1.89. The van der Waals surface area contributed by atoms with Crippen molar-refractivity contribution in [2.75, 3.05) is 0 Å². The first kappa shape index (κ1) is 15.3. The molecule has 0 aromatic carbocycles. The van der Waals surface area contributed by atoms with Crippen molar-refractivity contribution in [3.8, 4) is 0 Å². The Hall–Kier alpha value is -0.800. The minimum absolute atomic E-state index is 0.0985. The third kappa shape index (κ3) is 5.69. The first-order valence-electron chi connectivity index (χ1n) is 6.54. The van der Waals surface area contributed by atoms with Crippen LogP contribution in [0.4, 0.5) is 0 Å². The van der Waals surface area contributed by atoms with Crippen molar-refractivity contribution in [1.29, 1.82) is 0 Å². The first-order valence-corrected chi connectivity index (χ1v) is 6.54. The van der Waals surface area contributed by atoms with E-state index in [-0.39, 0.29) is 11.1 Å². The number of aryl methyl sites for hydroxylation is 1. The molecule has 1 aromatic rings. The van der Waals surface area contributed by atoms with Gasteiger partial charge in [0.1, 0.15) is 18.1 Å². The van der Waals surface area contributed by atoms with Gasteiger partial charge in [-0.2, -0.15) is 0 Å². The molecule has 3 nitrogen and oxygen atoms in total. The molecule has 0 spiro atoms. The van der Waals surface area contributed by atoms with E-state index in [0.717, 1.165) is 18.1 Å². The largest absolute Gasteiger partial charge is 0.462 e. The quantitative estimate of drug-likeness (QED) is 0.886. The first-order chi connectivity index (χ1) is 8.07. The maximum Gasteiger partial charge on any atom is 0.130 e. The smallest absolute Gasteiger partial charge is 0.130 e. The summed E-state index contributed by atoms with van der Waals surface area (Å²) < 4.78 is 11.5. The summed E-state index contributed by atoms with van der Waals surface area (Å²) in [5.41, 5.74) is 1.14. The molecule has 0 saturated heterocycles. The number of ether oxygens (including phenoxy) is 1. The fraction of sp³-hybridized carbons (Fsp3) is 0.733. The van der Waals surface area contributed by atoms with Crippen molar-refractivity contribution in [1.82, 2.24) is 5.32 Å². The number of hydrogen-bond acceptors (Lipinski definition) is 3. The highest BCUT2D eigenvalue weighted by molar-refractivity contribution is 5.19. The number of rotatable bonds is 4. The summed E-state index contributed by atoms with van der Waals surface area (Å²) in [7, 11) is 0. The lowest BCUT2D eigenvalue weighted by Crippen LogP contribution is -2.35. The lowest BCUT2D eigenvalue weighted by atomic mass is 10.1. The highest BCUT2D eigenvalue weighted by Gasteiger charge is 2.15. The third-order valence-electron chi connectivity index (χ3n) is 2.50. The van der Waals surface area contributed by atoms with Gasteiger partial charge in [-0.1, -0.05) is 0 Å². The van der Waals surface area contributed by atoms with E-state index in [9.17, 15) is 0 Å². The summed E-state index contributed by atoms with van der Waals surface area (Å²) in [5, 5.41) is 3.43. The van der Waals surface area contributed by atoms with Crippen molar-refractivity contribution in [2.24, 2.45) is 0 Å². The number of furan rings is 1. The summed E-state index contributed by atoms with van der Waals surface area (Å²) in [4.78, 5) is 0. The van der Waals surface area contributed by atoms with E-state index in [1.807, 2.05) is 20.8 Å². The molecule has 18 heavy (non-hydrogen) atoms. The van der Waals surface area contributed by atoms with Crippen molar-refractivity contribution >= 4 is 0 Å². The molecule has 0 fully saturated rings. The van der Waals surface area contributed by atoms with Crippen LogP contribution in [0.5, 0.6) is 0 Å².